The fourth-order valence-corrected chi connectivity index (χ4v) is 1.44. The predicted octanol–water partition coefficient (Wildman–Crippen LogP) is -0.285. The monoisotopic (exact) mass is 334 g/mol. The maximum atomic E-state index is 11.2. The van der Waals surface area contributed by atoms with Gasteiger partial charge in [0.05, 0.1) is 46.2 Å². The van der Waals surface area contributed by atoms with Crippen molar-refractivity contribution in [3.8, 4) is 0 Å². The largest absolute Gasteiger partial charge is 0.377 e. The first kappa shape index (κ1) is 21.8. The van der Waals surface area contributed by atoms with Gasteiger partial charge in [-0.3, -0.25) is 9.59 Å². The molecule has 0 aromatic carbocycles. The van der Waals surface area contributed by atoms with Crippen molar-refractivity contribution in [2.75, 3.05) is 65.9 Å². The molecule has 8 nitrogen and oxygen atoms in total. The smallest absolute Gasteiger partial charge is 0.245 e. The fraction of sp³-hybridized carbons (Fsp3) is 0.867. The normalized spacial score (nSPS) is 10.5. The van der Waals surface area contributed by atoms with E-state index in [4.69, 9.17) is 18.9 Å². The molecule has 0 aliphatic carbocycles. The maximum absolute atomic E-state index is 11.2. The predicted molar refractivity (Wildman–Crippen MR) is 85.3 cm³/mol. The van der Waals surface area contributed by atoms with Gasteiger partial charge in [0.2, 0.25) is 11.8 Å². The van der Waals surface area contributed by atoms with Crippen LogP contribution >= 0.6 is 0 Å². The van der Waals surface area contributed by atoms with Gasteiger partial charge in [0.15, 0.2) is 0 Å². The number of hydrogen-bond acceptors (Lipinski definition) is 6. The molecule has 0 aliphatic heterocycles. The number of carbonyl (C=O) groups excluding carboxylic acids is 2. The molecule has 8 heteroatoms. The molecule has 136 valence electrons. The minimum atomic E-state index is -0.103. The fourth-order valence-electron chi connectivity index (χ4n) is 1.44. The molecule has 0 aliphatic rings. The van der Waals surface area contributed by atoms with Gasteiger partial charge in [0.25, 0.3) is 0 Å². The lowest BCUT2D eigenvalue weighted by Crippen LogP contribution is -2.28. The summed E-state index contributed by atoms with van der Waals surface area (Å²) in [6.07, 6.45) is 0.912. The van der Waals surface area contributed by atoms with E-state index in [1.165, 1.54) is 6.92 Å². The van der Waals surface area contributed by atoms with E-state index >= 15 is 0 Å². The van der Waals surface area contributed by atoms with Gasteiger partial charge in [-0.2, -0.15) is 0 Å². The molecule has 2 N–H and O–H groups in total. The lowest BCUT2D eigenvalue weighted by atomic mass is 10.5. The average Bonchev–Trinajstić information content (AvgIpc) is 2.52. The summed E-state index contributed by atoms with van der Waals surface area (Å²) in [6.45, 7) is 7.91. The lowest BCUT2D eigenvalue weighted by molar-refractivity contribution is -0.126. The summed E-state index contributed by atoms with van der Waals surface area (Å²) in [6, 6.07) is 0. The number of ether oxygens (including phenoxy) is 4. The summed E-state index contributed by atoms with van der Waals surface area (Å²) in [5.74, 6) is -0.166. The lowest BCUT2D eigenvalue weighted by Gasteiger charge is -2.08. The van der Waals surface area contributed by atoms with Crippen LogP contribution in [0.15, 0.2) is 0 Å². The van der Waals surface area contributed by atoms with Gasteiger partial charge in [0, 0.05) is 20.0 Å². The molecule has 0 radical (unpaired) electrons. The Kier molecular flexibility index (Phi) is 16.2. The minimum Gasteiger partial charge on any atom is -0.377 e. The van der Waals surface area contributed by atoms with E-state index in [2.05, 4.69) is 10.6 Å². The molecule has 0 rings (SSSR count). The highest BCUT2D eigenvalue weighted by atomic mass is 16.6. The number of hydrogen-bond donors (Lipinski definition) is 2. The van der Waals surface area contributed by atoms with Crippen molar-refractivity contribution in [2.45, 2.75) is 20.3 Å². The average molecular weight is 334 g/mol. The number of amides is 2. The third kappa shape index (κ3) is 18.7. The van der Waals surface area contributed by atoms with Gasteiger partial charge in [-0.05, 0) is 6.42 Å². The molecule has 0 bridgehead atoms. The van der Waals surface area contributed by atoms with Crippen molar-refractivity contribution in [1.82, 2.24) is 10.6 Å². The topological polar surface area (TPSA) is 95.1 Å². The van der Waals surface area contributed by atoms with E-state index in [0.717, 1.165) is 6.42 Å². The molecular weight excluding hydrogens is 304 g/mol. The molecule has 0 unspecified atom stereocenters. The van der Waals surface area contributed by atoms with Crippen LogP contribution in [0.3, 0.4) is 0 Å². The van der Waals surface area contributed by atoms with Crippen molar-refractivity contribution < 1.29 is 28.5 Å². The van der Waals surface area contributed by atoms with Crippen molar-refractivity contribution in [3.63, 3.8) is 0 Å². The number of rotatable bonds is 16. The Balaban J connectivity index is 3.08. The van der Waals surface area contributed by atoms with Gasteiger partial charge < -0.3 is 29.6 Å². The van der Waals surface area contributed by atoms with Crippen LogP contribution in [0.4, 0.5) is 0 Å². The summed E-state index contributed by atoms with van der Waals surface area (Å²) in [4.78, 5) is 21.8. The highest BCUT2D eigenvalue weighted by Gasteiger charge is 1.99. The second-order valence-corrected chi connectivity index (χ2v) is 4.72. The Morgan fingerprint density at radius 3 is 1.78 bits per heavy atom. The zero-order valence-electron chi connectivity index (χ0n) is 14.2. The molecule has 0 saturated heterocycles. The van der Waals surface area contributed by atoms with Crippen LogP contribution in [-0.2, 0) is 28.5 Å². The summed E-state index contributed by atoms with van der Waals surface area (Å²) in [7, 11) is 0. The molecule has 0 fully saturated rings. The molecule has 23 heavy (non-hydrogen) atoms. The molecule has 0 aromatic rings. The van der Waals surface area contributed by atoms with Gasteiger partial charge >= 0.3 is 0 Å². The standard InChI is InChI=1S/C15H30N2O6/c1-3-4-17-15(19)13-23-12-11-22-10-9-21-8-7-20-6-5-16-14(2)18/h3-13H2,1-2H3,(H,16,18)(H,17,19). The Morgan fingerprint density at radius 1 is 0.739 bits per heavy atom. The minimum absolute atomic E-state index is 0.0624. The molecule has 2 amide bonds. The van der Waals surface area contributed by atoms with E-state index in [0.29, 0.717) is 59.3 Å². The quantitative estimate of drug-likeness (QED) is 0.377. The van der Waals surface area contributed by atoms with Crippen LogP contribution in [0.25, 0.3) is 0 Å². The van der Waals surface area contributed by atoms with Crippen LogP contribution < -0.4 is 10.6 Å². The third-order valence-corrected chi connectivity index (χ3v) is 2.54. The van der Waals surface area contributed by atoms with E-state index in [1.807, 2.05) is 6.92 Å². The molecular formula is C15H30N2O6. The molecule has 0 heterocycles. The van der Waals surface area contributed by atoms with Crippen LogP contribution in [0.2, 0.25) is 0 Å². The Morgan fingerprint density at radius 2 is 1.26 bits per heavy atom. The first-order valence-corrected chi connectivity index (χ1v) is 7.99. The van der Waals surface area contributed by atoms with Crippen LogP contribution in [0.5, 0.6) is 0 Å². The molecule has 0 aromatic heterocycles. The van der Waals surface area contributed by atoms with Crippen LogP contribution in [0.1, 0.15) is 20.3 Å². The van der Waals surface area contributed by atoms with Crippen molar-refractivity contribution in [3.05, 3.63) is 0 Å². The van der Waals surface area contributed by atoms with E-state index in [1.54, 1.807) is 0 Å². The van der Waals surface area contributed by atoms with E-state index in [-0.39, 0.29) is 18.4 Å². The van der Waals surface area contributed by atoms with Crippen molar-refractivity contribution >= 4 is 11.8 Å². The second kappa shape index (κ2) is 17.1. The Labute approximate surface area is 138 Å². The van der Waals surface area contributed by atoms with Crippen LogP contribution in [-0.4, -0.2) is 77.8 Å². The Hall–Kier alpha value is -1.22. The maximum Gasteiger partial charge on any atom is 0.245 e. The van der Waals surface area contributed by atoms with Gasteiger partial charge in [-0.25, -0.2) is 0 Å². The third-order valence-electron chi connectivity index (χ3n) is 2.54. The molecule has 0 spiro atoms. The van der Waals surface area contributed by atoms with Gasteiger partial charge in [0.1, 0.15) is 6.61 Å². The summed E-state index contributed by atoms with van der Waals surface area (Å²) in [5.41, 5.74) is 0. The summed E-state index contributed by atoms with van der Waals surface area (Å²) in [5, 5.41) is 5.36. The van der Waals surface area contributed by atoms with E-state index in [9.17, 15) is 9.59 Å². The van der Waals surface area contributed by atoms with E-state index < -0.39 is 0 Å². The zero-order valence-corrected chi connectivity index (χ0v) is 14.2. The number of carbonyl (C=O) groups is 2. The first-order chi connectivity index (χ1) is 11.2. The number of nitrogens with one attached hydrogen (secondary N) is 2. The van der Waals surface area contributed by atoms with Gasteiger partial charge in [-0.1, -0.05) is 6.92 Å². The van der Waals surface area contributed by atoms with Crippen molar-refractivity contribution in [1.29, 1.82) is 0 Å². The molecule has 0 atom stereocenters. The van der Waals surface area contributed by atoms with Crippen LogP contribution in [0, 0.1) is 0 Å². The highest BCUT2D eigenvalue weighted by molar-refractivity contribution is 5.77. The Bertz CT molecular complexity index is 302. The highest BCUT2D eigenvalue weighted by Crippen LogP contribution is 1.83. The molecule has 0 saturated carbocycles. The summed E-state index contributed by atoms with van der Waals surface area (Å²) < 4.78 is 21.0. The second-order valence-electron chi connectivity index (χ2n) is 4.72. The van der Waals surface area contributed by atoms with Crippen molar-refractivity contribution in [2.24, 2.45) is 0 Å². The van der Waals surface area contributed by atoms with Gasteiger partial charge in [-0.15, -0.1) is 0 Å². The summed E-state index contributed by atoms with van der Waals surface area (Å²) >= 11 is 0. The SMILES string of the molecule is CCCNC(=O)COCCOCCOCCOCCNC(C)=O. The first-order valence-electron chi connectivity index (χ1n) is 7.99. The zero-order chi connectivity index (χ0) is 17.2.